The highest BCUT2D eigenvalue weighted by molar-refractivity contribution is 6.00. The Labute approximate surface area is 158 Å². The second kappa shape index (κ2) is 8.36. The molecule has 0 spiro atoms. The topological polar surface area (TPSA) is 67.4 Å². The Balaban J connectivity index is 1.58. The fourth-order valence-corrected chi connectivity index (χ4v) is 2.99. The lowest BCUT2D eigenvalue weighted by atomic mass is 10.1. The zero-order valence-electron chi connectivity index (χ0n) is 15.4. The van der Waals surface area contributed by atoms with Gasteiger partial charge in [0.05, 0.1) is 19.7 Å². The molecule has 0 radical (unpaired) electrons. The Kier molecular flexibility index (Phi) is 5.71. The summed E-state index contributed by atoms with van der Waals surface area (Å²) in [4.78, 5) is 24.5. The number of para-hydroxylation sites is 1. The predicted molar refractivity (Wildman–Crippen MR) is 106 cm³/mol. The SMILES string of the molecule is COc1ccccc1[C@@H](C)NC(=O)CNC(=O)c1ccc2ccccc2c1. The second-order valence-corrected chi connectivity index (χ2v) is 6.28. The molecule has 0 aliphatic rings. The number of methoxy groups -OCH3 is 1. The number of hydrogen-bond acceptors (Lipinski definition) is 3. The molecule has 0 saturated carbocycles. The van der Waals surface area contributed by atoms with Crippen LogP contribution in [0.3, 0.4) is 0 Å². The van der Waals surface area contributed by atoms with Crippen molar-refractivity contribution in [2.45, 2.75) is 13.0 Å². The molecule has 5 heteroatoms. The fraction of sp³-hybridized carbons (Fsp3) is 0.182. The third kappa shape index (κ3) is 4.44. The summed E-state index contributed by atoms with van der Waals surface area (Å²) in [5.74, 6) is 0.175. The van der Waals surface area contributed by atoms with Crippen LogP contribution >= 0.6 is 0 Å². The quantitative estimate of drug-likeness (QED) is 0.706. The van der Waals surface area contributed by atoms with Crippen LogP contribution in [-0.2, 0) is 4.79 Å². The van der Waals surface area contributed by atoms with Crippen molar-refractivity contribution < 1.29 is 14.3 Å². The standard InChI is InChI=1S/C22H22N2O3/c1-15(19-9-5-6-10-20(19)27-2)24-21(25)14-23-22(26)18-12-11-16-7-3-4-8-17(16)13-18/h3-13,15H,14H2,1-2H3,(H,23,26)(H,24,25)/t15-/m1/s1. The number of nitrogens with one attached hydrogen (secondary N) is 2. The Morgan fingerprint density at radius 3 is 2.44 bits per heavy atom. The molecule has 3 aromatic rings. The van der Waals surface area contributed by atoms with Crippen LogP contribution in [0.25, 0.3) is 10.8 Å². The van der Waals surface area contributed by atoms with Gasteiger partial charge in [0.15, 0.2) is 0 Å². The molecule has 3 rings (SSSR count). The van der Waals surface area contributed by atoms with E-state index in [1.807, 2.05) is 67.6 Å². The third-order valence-corrected chi connectivity index (χ3v) is 4.40. The van der Waals surface area contributed by atoms with E-state index in [1.165, 1.54) is 0 Å². The van der Waals surface area contributed by atoms with Gasteiger partial charge in [-0.15, -0.1) is 0 Å². The summed E-state index contributed by atoms with van der Waals surface area (Å²) in [6.07, 6.45) is 0. The van der Waals surface area contributed by atoms with E-state index >= 15 is 0 Å². The van der Waals surface area contributed by atoms with E-state index in [4.69, 9.17) is 4.74 Å². The monoisotopic (exact) mass is 362 g/mol. The minimum absolute atomic E-state index is 0.0921. The van der Waals surface area contributed by atoms with Crippen molar-refractivity contribution in [2.75, 3.05) is 13.7 Å². The average molecular weight is 362 g/mol. The van der Waals surface area contributed by atoms with Gasteiger partial charge in [-0.3, -0.25) is 9.59 Å². The van der Waals surface area contributed by atoms with Crippen molar-refractivity contribution in [1.29, 1.82) is 0 Å². The Morgan fingerprint density at radius 1 is 0.963 bits per heavy atom. The summed E-state index contributed by atoms with van der Waals surface area (Å²) in [6.45, 7) is 1.78. The summed E-state index contributed by atoms with van der Waals surface area (Å²) in [5.41, 5.74) is 1.41. The zero-order chi connectivity index (χ0) is 19.2. The smallest absolute Gasteiger partial charge is 0.251 e. The first-order valence-corrected chi connectivity index (χ1v) is 8.78. The van der Waals surface area contributed by atoms with Crippen LogP contribution in [0.1, 0.15) is 28.9 Å². The maximum absolute atomic E-state index is 12.3. The highest BCUT2D eigenvalue weighted by Crippen LogP contribution is 2.24. The molecular weight excluding hydrogens is 340 g/mol. The molecule has 1 atom stereocenters. The van der Waals surface area contributed by atoms with Crippen molar-refractivity contribution in [2.24, 2.45) is 0 Å². The number of benzene rings is 3. The molecule has 0 aromatic heterocycles. The van der Waals surface area contributed by atoms with Gasteiger partial charge in [-0.1, -0.05) is 48.5 Å². The molecule has 0 fully saturated rings. The van der Waals surface area contributed by atoms with E-state index < -0.39 is 0 Å². The molecule has 0 heterocycles. The summed E-state index contributed by atoms with van der Waals surface area (Å²) >= 11 is 0. The van der Waals surface area contributed by atoms with Crippen molar-refractivity contribution in [3.05, 3.63) is 77.9 Å². The number of ether oxygens (including phenoxy) is 1. The van der Waals surface area contributed by atoms with Crippen LogP contribution in [0.5, 0.6) is 5.75 Å². The maximum Gasteiger partial charge on any atom is 0.251 e. The lowest BCUT2D eigenvalue weighted by Gasteiger charge is -2.17. The first-order chi connectivity index (χ1) is 13.1. The number of rotatable bonds is 6. The molecule has 2 amide bonds. The third-order valence-electron chi connectivity index (χ3n) is 4.40. The molecule has 2 N–H and O–H groups in total. The van der Waals surface area contributed by atoms with E-state index in [0.717, 1.165) is 16.3 Å². The molecule has 0 aliphatic heterocycles. The van der Waals surface area contributed by atoms with Crippen LogP contribution in [-0.4, -0.2) is 25.5 Å². The van der Waals surface area contributed by atoms with Crippen molar-refractivity contribution in [1.82, 2.24) is 10.6 Å². The van der Waals surface area contributed by atoms with Gasteiger partial charge in [-0.2, -0.15) is 0 Å². The van der Waals surface area contributed by atoms with Gasteiger partial charge in [0, 0.05) is 11.1 Å². The van der Waals surface area contributed by atoms with Gasteiger partial charge in [-0.05, 0) is 35.9 Å². The number of carbonyl (C=O) groups excluding carboxylic acids is 2. The molecule has 5 nitrogen and oxygen atoms in total. The van der Waals surface area contributed by atoms with Crippen LogP contribution in [0.15, 0.2) is 66.7 Å². The van der Waals surface area contributed by atoms with Crippen LogP contribution in [0, 0.1) is 0 Å². The molecule has 0 aliphatic carbocycles. The normalized spacial score (nSPS) is 11.6. The molecule has 3 aromatic carbocycles. The number of fused-ring (bicyclic) bond motifs is 1. The molecule has 0 unspecified atom stereocenters. The first kappa shape index (κ1) is 18.5. The summed E-state index contributed by atoms with van der Waals surface area (Å²) in [5, 5.41) is 7.59. The summed E-state index contributed by atoms with van der Waals surface area (Å²) in [7, 11) is 1.59. The van der Waals surface area contributed by atoms with Crippen LogP contribution in [0.2, 0.25) is 0 Å². The molecule has 27 heavy (non-hydrogen) atoms. The molecule has 138 valence electrons. The molecule has 0 saturated heterocycles. The summed E-state index contributed by atoms with van der Waals surface area (Å²) in [6, 6.07) is 20.6. The van der Waals surface area contributed by atoms with Gasteiger partial charge in [-0.25, -0.2) is 0 Å². The maximum atomic E-state index is 12.3. The molecular formula is C22H22N2O3. The van der Waals surface area contributed by atoms with E-state index in [2.05, 4.69) is 10.6 Å². The van der Waals surface area contributed by atoms with Gasteiger partial charge in [0.1, 0.15) is 5.75 Å². The Morgan fingerprint density at radius 2 is 1.67 bits per heavy atom. The lowest BCUT2D eigenvalue weighted by molar-refractivity contribution is -0.120. The predicted octanol–water partition coefficient (Wildman–Crippen LogP) is 3.46. The second-order valence-electron chi connectivity index (χ2n) is 6.28. The largest absolute Gasteiger partial charge is 0.496 e. The Bertz CT molecular complexity index is 968. The van der Waals surface area contributed by atoms with Crippen molar-refractivity contribution >= 4 is 22.6 Å². The van der Waals surface area contributed by atoms with Gasteiger partial charge in [0.2, 0.25) is 5.91 Å². The zero-order valence-corrected chi connectivity index (χ0v) is 15.4. The highest BCUT2D eigenvalue weighted by Gasteiger charge is 2.14. The van der Waals surface area contributed by atoms with E-state index in [0.29, 0.717) is 11.3 Å². The first-order valence-electron chi connectivity index (χ1n) is 8.78. The number of amides is 2. The lowest BCUT2D eigenvalue weighted by Crippen LogP contribution is -2.38. The van der Waals surface area contributed by atoms with E-state index in [9.17, 15) is 9.59 Å². The minimum Gasteiger partial charge on any atom is -0.496 e. The van der Waals surface area contributed by atoms with Crippen molar-refractivity contribution in [3.8, 4) is 5.75 Å². The fourth-order valence-electron chi connectivity index (χ4n) is 2.99. The Hall–Kier alpha value is -3.34. The number of carbonyl (C=O) groups is 2. The van der Waals surface area contributed by atoms with Gasteiger partial charge in [0.25, 0.3) is 5.91 Å². The molecule has 0 bridgehead atoms. The average Bonchev–Trinajstić information content (AvgIpc) is 2.71. The van der Waals surface area contributed by atoms with Crippen LogP contribution in [0.4, 0.5) is 0 Å². The van der Waals surface area contributed by atoms with E-state index in [-0.39, 0.29) is 24.4 Å². The highest BCUT2D eigenvalue weighted by atomic mass is 16.5. The van der Waals surface area contributed by atoms with Crippen molar-refractivity contribution in [3.63, 3.8) is 0 Å². The minimum atomic E-state index is -0.277. The van der Waals surface area contributed by atoms with E-state index in [1.54, 1.807) is 13.2 Å². The number of hydrogen-bond donors (Lipinski definition) is 2. The van der Waals surface area contributed by atoms with Crippen LogP contribution < -0.4 is 15.4 Å². The van der Waals surface area contributed by atoms with Gasteiger partial charge >= 0.3 is 0 Å². The summed E-state index contributed by atoms with van der Waals surface area (Å²) < 4.78 is 5.32. The van der Waals surface area contributed by atoms with Gasteiger partial charge < -0.3 is 15.4 Å².